The number of carbonyl (C=O) groups is 1. The average molecular weight is 454 g/mol. The molecule has 1 saturated heterocycles. The van der Waals surface area contributed by atoms with Crippen LogP contribution in [-0.4, -0.2) is 60.4 Å². The van der Waals surface area contributed by atoms with Gasteiger partial charge in [0, 0.05) is 31.2 Å². The van der Waals surface area contributed by atoms with Crippen LogP contribution in [0.25, 0.3) is 5.69 Å². The number of benzene rings is 2. The van der Waals surface area contributed by atoms with Crippen LogP contribution >= 0.6 is 11.6 Å². The zero-order valence-corrected chi connectivity index (χ0v) is 19.4. The van der Waals surface area contributed by atoms with Crippen molar-refractivity contribution in [1.82, 2.24) is 14.7 Å². The largest absolute Gasteiger partial charge is 0.495 e. The van der Waals surface area contributed by atoms with Crippen LogP contribution in [0.3, 0.4) is 0 Å². The molecule has 32 heavy (non-hydrogen) atoms. The van der Waals surface area contributed by atoms with E-state index in [2.05, 4.69) is 41.1 Å². The molecule has 0 unspecified atom stereocenters. The van der Waals surface area contributed by atoms with E-state index in [1.54, 1.807) is 25.3 Å². The van der Waals surface area contributed by atoms with Crippen molar-refractivity contribution in [1.29, 1.82) is 0 Å². The number of hydrogen-bond acceptors (Lipinski definition) is 5. The SMILES string of the molecule is COc1ccc(Cl)cc1NC(=O)CN1CCN(c2c(C)nn(-c3ccccc3)c2C)CC1. The van der Waals surface area contributed by atoms with Crippen LogP contribution in [-0.2, 0) is 4.79 Å². The number of amides is 1. The van der Waals surface area contributed by atoms with Gasteiger partial charge in [0.1, 0.15) is 5.75 Å². The molecule has 1 aliphatic rings. The van der Waals surface area contributed by atoms with Gasteiger partial charge in [0.05, 0.1) is 42.1 Å². The Morgan fingerprint density at radius 2 is 1.81 bits per heavy atom. The Morgan fingerprint density at radius 1 is 1.09 bits per heavy atom. The summed E-state index contributed by atoms with van der Waals surface area (Å²) in [7, 11) is 1.57. The van der Waals surface area contributed by atoms with Crippen molar-refractivity contribution in [2.75, 3.05) is 50.1 Å². The number of nitrogens with one attached hydrogen (secondary N) is 1. The van der Waals surface area contributed by atoms with Gasteiger partial charge in [-0.05, 0) is 44.2 Å². The summed E-state index contributed by atoms with van der Waals surface area (Å²) >= 11 is 6.06. The molecule has 1 fully saturated rings. The van der Waals surface area contributed by atoms with E-state index in [4.69, 9.17) is 21.4 Å². The van der Waals surface area contributed by atoms with Crippen LogP contribution in [0, 0.1) is 13.8 Å². The second-order valence-electron chi connectivity index (χ2n) is 7.92. The van der Waals surface area contributed by atoms with Crippen molar-refractivity contribution in [3.63, 3.8) is 0 Å². The highest BCUT2D eigenvalue weighted by Gasteiger charge is 2.24. The van der Waals surface area contributed by atoms with Crippen LogP contribution in [0.2, 0.25) is 5.02 Å². The lowest BCUT2D eigenvalue weighted by Crippen LogP contribution is -2.49. The highest BCUT2D eigenvalue weighted by molar-refractivity contribution is 6.31. The van der Waals surface area contributed by atoms with Gasteiger partial charge in [0.15, 0.2) is 0 Å². The summed E-state index contributed by atoms with van der Waals surface area (Å²) in [6, 6.07) is 15.4. The van der Waals surface area contributed by atoms with Gasteiger partial charge in [-0.25, -0.2) is 4.68 Å². The fourth-order valence-electron chi connectivity index (χ4n) is 4.21. The van der Waals surface area contributed by atoms with Gasteiger partial charge < -0.3 is 15.0 Å². The maximum Gasteiger partial charge on any atom is 0.238 e. The summed E-state index contributed by atoms with van der Waals surface area (Å²) < 4.78 is 7.31. The number of carbonyl (C=O) groups excluding carboxylic acids is 1. The topological polar surface area (TPSA) is 62.6 Å². The number of halogens is 1. The van der Waals surface area contributed by atoms with E-state index in [0.717, 1.165) is 43.3 Å². The van der Waals surface area contributed by atoms with E-state index >= 15 is 0 Å². The van der Waals surface area contributed by atoms with Crippen LogP contribution in [0.1, 0.15) is 11.4 Å². The third-order valence-electron chi connectivity index (χ3n) is 5.75. The number of aromatic nitrogens is 2. The number of methoxy groups -OCH3 is 1. The van der Waals surface area contributed by atoms with Crippen molar-refractivity contribution in [3.8, 4) is 11.4 Å². The molecule has 8 heteroatoms. The Balaban J connectivity index is 1.37. The molecule has 2 heterocycles. The van der Waals surface area contributed by atoms with Crippen molar-refractivity contribution < 1.29 is 9.53 Å². The summed E-state index contributed by atoms with van der Waals surface area (Å²) in [6.45, 7) is 7.78. The zero-order valence-electron chi connectivity index (χ0n) is 18.6. The zero-order chi connectivity index (χ0) is 22.7. The Bertz CT molecular complexity index is 1090. The molecule has 3 aromatic rings. The molecule has 168 valence electrons. The lowest BCUT2D eigenvalue weighted by Gasteiger charge is -2.35. The van der Waals surface area contributed by atoms with E-state index in [-0.39, 0.29) is 5.91 Å². The molecule has 7 nitrogen and oxygen atoms in total. The first-order valence-electron chi connectivity index (χ1n) is 10.7. The van der Waals surface area contributed by atoms with E-state index in [1.807, 2.05) is 22.9 Å². The van der Waals surface area contributed by atoms with Crippen molar-refractivity contribution in [2.24, 2.45) is 0 Å². The van der Waals surface area contributed by atoms with Crippen LogP contribution in [0.5, 0.6) is 5.75 Å². The van der Waals surface area contributed by atoms with Crippen molar-refractivity contribution in [3.05, 3.63) is 64.9 Å². The van der Waals surface area contributed by atoms with Crippen LogP contribution in [0.4, 0.5) is 11.4 Å². The predicted octanol–water partition coefficient (Wildman–Crippen LogP) is 3.91. The lowest BCUT2D eigenvalue weighted by atomic mass is 10.2. The van der Waals surface area contributed by atoms with E-state index in [9.17, 15) is 4.79 Å². The first-order chi connectivity index (χ1) is 15.5. The highest BCUT2D eigenvalue weighted by atomic mass is 35.5. The van der Waals surface area contributed by atoms with Crippen molar-refractivity contribution >= 4 is 28.9 Å². The summed E-state index contributed by atoms with van der Waals surface area (Å²) in [5, 5.41) is 8.24. The third kappa shape index (κ3) is 4.74. The quantitative estimate of drug-likeness (QED) is 0.613. The predicted molar refractivity (Wildman–Crippen MR) is 128 cm³/mol. The number of ether oxygens (including phenoxy) is 1. The molecular formula is C24H28ClN5O2. The summed E-state index contributed by atoms with van der Waals surface area (Å²) in [5.41, 5.74) is 4.98. The van der Waals surface area contributed by atoms with Gasteiger partial charge in [-0.15, -0.1) is 0 Å². The van der Waals surface area contributed by atoms with Gasteiger partial charge in [0.2, 0.25) is 5.91 Å². The summed E-state index contributed by atoms with van der Waals surface area (Å²) in [5.74, 6) is 0.511. The van der Waals surface area contributed by atoms with Crippen molar-refractivity contribution in [2.45, 2.75) is 13.8 Å². The second-order valence-corrected chi connectivity index (χ2v) is 8.36. The van der Waals surface area contributed by atoms with E-state index in [0.29, 0.717) is 23.0 Å². The van der Waals surface area contributed by atoms with E-state index < -0.39 is 0 Å². The smallest absolute Gasteiger partial charge is 0.238 e. The molecule has 1 aromatic heterocycles. The highest BCUT2D eigenvalue weighted by Crippen LogP contribution is 2.29. The van der Waals surface area contributed by atoms with Crippen LogP contribution < -0.4 is 15.0 Å². The van der Waals surface area contributed by atoms with Gasteiger partial charge in [-0.2, -0.15) is 5.10 Å². The molecule has 0 atom stereocenters. The first-order valence-corrected chi connectivity index (χ1v) is 11.1. The molecule has 0 saturated carbocycles. The Hall–Kier alpha value is -3.03. The van der Waals surface area contributed by atoms with Gasteiger partial charge in [-0.1, -0.05) is 29.8 Å². The van der Waals surface area contributed by atoms with E-state index in [1.165, 1.54) is 5.69 Å². The number of anilines is 2. The number of nitrogens with zero attached hydrogens (tertiary/aromatic N) is 4. The molecule has 1 N–H and O–H groups in total. The number of para-hydroxylation sites is 1. The Labute approximate surface area is 193 Å². The fourth-order valence-corrected chi connectivity index (χ4v) is 4.39. The molecule has 0 aliphatic carbocycles. The monoisotopic (exact) mass is 453 g/mol. The molecule has 4 rings (SSSR count). The minimum atomic E-state index is -0.0803. The van der Waals surface area contributed by atoms with Gasteiger partial charge >= 0.3 is 0 Å². The van der Waals surface area contributed by atoms with Crippen LogP contribution in [0.15, 0.2) is 48.5 Å². The maximum absolute atomic E-state index is 12.6. The number of rotatable bonds is 6. The molecular weight excluding hydrogens is 426 g/mol. The molecule has 1 aliphatic heterocycles. The second kappa shape index (κ2) is 9.63. The number of piperazine rings is 1. The number of aryl methyl sites for hydroxylation is 1. The summed E-state index contributed by atoms with van der Waals surface area (Å²) in [4.78, 5) is 17.1. The maximum atomic E-state index is 12.6. The molecule has 0 radical (unpaired) electrons. The summed E-state index contributed by atoms with van der Waals surface area (Å²) in [6.07, 6.45) is 0. The normalized spacial score (nSPS) is 14.4. The first kappa shape index (κ1) is 22.2. The molecule has 0 bridgehead atoms. The third-order valence-corrected chi connectivity index (χ3v) is 5.98. The number of hydrogen-bond donors (Lipinski definition) is 1. The molecule has 1 amide bonds. The Kier molecular flexibility index (Phi) is 6.67. The van der Waals surface area contributed by atoms with Gasteiger partial charge in [-0.3, -0.25) is 9.69 Å². The Morgan fingerprint density at radius 3 is 2.50 bits per heavy atom. The minimum absolute atomic E-state index is 0.0803. The minimum Gasteiger partial charge on any atom is -0.495 e. The van der Waals surface area contributed by atoms with Gasteiger partial charge in [0.25, 0.3) is 0 Å². The lowest BCUT2D eigenvalue weighted by molar-refractivity contribution is -0.117. The molecule has 0 spiro atoms. The molecule has 2 aromatic carbocycles. The fraction of sp³-hybridized carbons (Fsp3) is 0.333. The average Bonchev–Trinajstić information content (AvgIpc) is 3.09. The standard InChI is InChI=1S/C24H28ClN5O2/c1-17-24(18(2)30(27-17)20-7-5-4-6-8-20)29-13-11-28(12-14-29)16-23(31)26-21-15-19(25)9-10-22(21)32-3/h4-10,15H,11-14,16H2,1-3H3,(H,26,31).